The van der Waals surface area contributed by atoms with Gasteiger partial charge < -0.3 is 15.0 Å². The summed E-state index contributed by atoms with van der Waals surface area (Å²) in [7, 11) is 0. The highest BCUT2D eigenvalue weighted by molar-refractivity contribution is 5.94. The minimum absolute atomic E-state index is 0.126. The number of carbonyl (C=O) groups is 2. The molecule has 0 saturated carbocycles. The number of halogens is 1. The summed E-state index contributed by atoms with van der Waals surface area (Å²) in [6, 6.07) is 5.33. The summed E-state index contributed by atoms with van der Waals surface area (Å²) < 4.78 is 18.1. The van der Waals surface area contributed by atoms with E-state index in [9.17, 15) is 14.0 Å². The molecule has 120 valence electrons. The second-order valence-corrected chi connectivity index (χ2v) is 6.39. The van der Waals surface area contributed by atoms with Crippen molar-refractivity contribution in [3.63, 3.8) is 0 Å². The fourth-order valence-electron chi connectivity index (χ4n) is 2.31. The smallest absolute Gasteiger partial charge is 0.407 e. The summed E-state index contributed by atoms with van der Waals surface area (Å²) in [6.07, 6.45) is 0.195. The molecular weight excluding hydrogens is 287 g/mol. The Kier molecular flexibility index (Phi) is 4.68. The van der Waals surface area contributed by atoms with Gasteiger partial charge in [0, 0.05) is 18.7 Å². The minimum Gasteiger partial charge on any atom is -0.444 e. The van der Waals surface area contributed by atoms with Gasteiger partial charge in [-0.15, -0.1) is 0 Å². The zero-order valence-electron chi connectivity index (χ0n) is 13.1. The average molecular weight is 308 g/mol. The van der Waals surface area contributed by atoms with Crippen molar-refractivity contribution < 1.29 is 18.7 Å². The van der Waals surface area contributed by atoms with Gasteiger partial charge in [-0.2, -0.15) is 0 Å². The molecule has 0 spiro atoms. The van der Waals surface area contributed by atoms with Gasteiger partial charge in [0.25, 0.3) is 5.91 Å². The number of hydrogen-bond acceptors (Lipinski definition) is 3. The largest absolute Gasteiger partial charge is 0.444 e. The van der Waals surface area contributed by atoms with Crippen LogP contribution in [0.25, 0.3) is 0 Å². The van der Waals surface area contributed by atoms with E-state index in [1.54, 1.807) is 25.7 Å². The molecule has 2 amide bonds. The van der Waals surface area contributed by atoms with Crippen molar-refractivity contribution in [3.05, 3.63) is 35.6 Å². The molecule has 5 nitrogen and oxygen atoms in total. The fraction of sp³-hybridized carbons (Fsp3) is 0.500. The Bertz CT molecular complexity index is 552. The Morgan fingerprint density at radius 3 is 2.50 bits per heavy atom. The molecule has 1 saturated heterocycles. The summed E-state index contributed by atoms with van der Waals surface area (Å²) in [6.45, 7) is 6.37. The molecule has 6 heteroatoms. The monoisotopic (exact) mass is 308 g/mol. The maximum absolute atomic E-state index is 12.9. The van der Waals surface area contributed by atoms with Crippen LogP contribution in [0.1, 0.15) is 37.6 Å². The molecule has 0 aliphatic carbocycles. The summed E-state index contributed by atoms with van der Waals surface area (Å²) in [5.74, 6) is -0.532. The molecule has 1 atom stereocenters. The van der Waals surface area contributed by atoms with Gasteiger partial charge in [-0.3, -0.25) is 4.79 Å². The summed E-state index contributed by atoms with van der Waals surface area (Å²) >= 11 is 0. The van der Waals surface area contributed by atoms with Crippen LogP contribution in [-0.4, -0.2) is 41.6 Å². The van der Waals surface area contributed by atoms with E-state index >= 15 is 0 Å². The zero-order valence-corrected chi connectivity index (χ0v) is 13.1. The van der Waals surface area contributed by atoms with E-state index in [0.29, 0.717) is 25.1 Å². The number of ether oxygens (including phenoxy) is 1. The maximum Gasteiger partial charge on any atom is 0.407 e. The van der Waals surface area contributed by atoms with Crippen LogP contribution in [0, 0.1) is 5.82 Å². The van der Waals surface area contributed by atoms with Crippen LogP contribution in [-0.2, 0) is 4.74 Å². The van der Waals surface area contributed by atoms with Crippen molar-refractivity contribution in [2.75, 3.05) is 13.1 Å². The maximum atomic E-state index is 12.9. The Hall–Kier alpha value is -2.11. The number of nitrogens with zero attached hydrogens (tertiary/aromatic N) is 1. The van der Waals surface area contributed by atoms with Crippen LogP contribution in [0.5, 0.6) is 0 Å². The predicted octanol–water partition coefficient (Wildman–Crippen LogP) is 2.56. The molecule has 1 fully saturated rings. The standard InChI is InChI=1S/C16H21FN2O3/c1-16(2,3)22-15(21)18-13-8-9-19(10-13)14(20)11-4-6-12(17)7-5-11/h4-7,13H,8-10H2,1-3H3,(H,18,21)/t13-/m1/s1. The van der Waals surface area contributed by atoms with Crippen molar-refractivity contribution in [2.24, 2.45) is 0 Å². The molecule has 1 aliphatic heterocycles. The molecule has 1 N–H and O–H groups in total. The van der Waals surface area contributed by atoms with Crippen LogP contribution in [0.15, 0.2) is 24.3 Å². The molecule has 0 unspecified atom stereocenters. The fourth-order valence-corrected chi connectivity index (χ4v) is 2.31. The number of amides is 2. The third kappa shape index (κ3) is 4.44. The third-order valence-electron chi connectivity index (χ3n) is 3.29. The van der Waals surface area contributed by atoms with Crippen molar-refractivity contribution in [1.29, 1.82) is 0 Å². The highest BCUT2D eigenvalue weighted by Crippen LogP contribution is 2.15. The van der Waals surface area contributed by atoms with Gasteiger partial charge >= 0.3 is 6.09 Å². The minimum atomic E-state index is -0.549. The Morgan fingerprint density at radius 1 is 1.27 bits per heavy atom. The Labute approximate surface area is 129 Å². The number of hydrogen-bond donors (Lipinski definition) is 1. The SMILES string of the molecule is CC(C)(C)OC(=O)N[C@@H]1CCN(C(=O)c2ccc(F)cc2)C1. The van der Waals surface area contributed by atoms with E-state index in [1.807, 2.05) is 0 Å². The summed E-state index contributed by atoms with van der Waals surface area (Å²) in [5.41, 5.74) is -0.105. The lowest BCUT2D eigenvalue weighted by Crippen LogP contribution is -2.41. The van der Waals surface area contributed by atoms with Gasteiger partial charge in [0.15, 0.2) is 0 Å². The summed E-state index contributed by atoms with van der Waals surface area (Å²) in [4.78, 5) is 25.6. The van der Waals surface area contributed by atoms with E-state index in [1.165, 1.54) is 24.3 Å². The first-order valence-electron chi connectivity index (χ1n) is 7.29. The molecule has 0 aromatic heterocycles. The molecule has 0 radical (unpaired) electrons. The second kappa shape index (κ2) is 6.34. The van der Waals surface area contributed by atoms with Gasteiger partial charge in [-0.1, -0.05) is 0 Å². The first-order valence-corrected chi connectivity index (χ1v) is 7.29. The van der Waals surface area contributed by atoms with E-state index < -0.39 is 11.7 Å². The first-order chi connectivity index (χ1) is 10.2. The lowest BCUT2D eigenvalue weighted by molar-refractivity contribution is 0.0502. The highest BCUT2D eigenvalue weighted by Gasteiger charge is 2.29. The molecule has 1 aromatic carbocycles. The number of likely N-dealkylation sites (tertiary alicyclic amines) is 1. The van der Waals surface area contributed by atoms with Crippen LogP contribution >= 0.6 is 0 Å². The molecule has 1 heterocycles. The Morgan fingerprint density at radius 2 is 1.91 bits per heavy atom. The van der Waals surface area contributed by atoms with Crippen LogP contribution < -0.4 is 5.32 Å². The van der Waals surface area contributed by atoms with E-state index in [4.69, 9.17) is 4.74 Å². The Balaban J connectivity index is 1.88. The van der Waals surface area contributed by atoms with Gasteiger partial charge in [-0.25, -0.2) is 9.18 Å². The summed E-state index contributed by atoms with van der Waals surface area (Å²) in [5, 5.41) is 2.77. The molecule has 1 aliphatic rings. The first kappa shape index (κ1) is 16.3. The average Bonchev–Trinajstić information content (AvgIpc) is 2.85. The topological polar surface area (TPSA) is 58.6 Å². The predicted molar refractivity (Wildman–Crippen MR) is 80.1 cm³/mol. The van der Waals surface area contributed by atoms with Crippen molar-refractivity contribution >= 4 is 12.0 Å². The van der Waals surface area contributed by atoms with Crippen molar-refractivity contribution in [3.8, 4) is 0 Å². The van der Waals surface area contributed by atoms with Gasteiger partial charge in [0.05, 0.1) is 6.04 Å². The molecular formula is C16H21FN2O3. The van der Waals surface area contributed by atoms with Crippen molar-refractivity contribution in [1.82, 2.24) is 10.2 Å². The number of benzene rings is 1. The normalized spacial score (nSPS) is 18.2. The third-order valence-corrected chi connectivity index (χ3v) is 3.29. The highest BCUT2D eigenvalue weighted by atomic mass is 19.1. The lowest BCUT2D eigenvalue weighted by Gasteiger charge is -2.22. The van der Waals surface area contributed by atoms with Gasteiger partial charge in [0.1, 0.15) is 11.4 Å². The number of alkyl carbamates (subject to hydrolysis) is 1. The van der Waals surface area contributed by atoms with Gasteiger partial charge in [-0.05, 0) is 51.5 Å². The molecule has 1 aromatic rings. The number of carbonyl (C=O) groups excluding carboxylic acids is 2. The van der Waals surface area contributed by atoms with Crippen LogP contribution in [0.4, 0.5) is 9.18 Å². The van der Waals surface area contributed by atoms with E-state index in [0.717, 1.165) is 0 Å². The lowest BCUT2D eigenvalue weighted by atomic mass is 10.2. The quantitative estimate of drug-likeness (QED) is 0.913. The number of nitrogens with one attached hydrogen (secondary N) is 1. The number of rotatable bonds is 2. The zero-order chi connectivity index (χ0) is 16.3. The van der Waals surface area contributed by atoms with Crippen LogP contribution in [0.3, 0.4) is 0 Å². The van der Waals surface area contributed by atoms with Crippen molar-refractivity contribution in [2.45, 2.75) is 38.8 Å². The van der Waals surface area contributed by atoms with E-state index in [2.05, 4.69) is 5.32 Å². The van der Waals surface area contributed by atoms with Crippen LogP contribution in [0.2, 0.25) is 0 Å². The molecule has 0 bridgehead atoms. The second-order valence-electron chi connectivity index (χ2n) is 6.39. The molecule has 22 heavy (non-hydrogen) atoms. The molecule has 2 rings (SSSR count). The van der Waals surface area contributed by atoms with Gasteiger partial charge in [0.2, 0.25) is 0 Å². The van der Waals surface area contributed by atoms with E-state index in [-0.39, 0.29) is 17.8 Å².